The fourth-order valence-electron chi connectivity index (χ4n) is 2.50. The quantitative estimate of drug-likeness (QED) is 0.740. The Balaban J connectivity index is 1.82. The number of aliphatic hydroxyl groups is 1. The fourth-order valence-corrected chi connectivity index (χ4v) is 2.50. The van der Waals surface area contributed by atoms with Gasteiger partial charge in [0.05, 0.1) is 13.7 Å². The van der Waals surface area contributed by atoms with Crippen molar-refractivity contribution in [2.45, 2.75) is 26.5 Å². The van der Waals surface area contributed by atoms with Crippen LogP contribution in [0.5, 0.6) is 5.75 Å². The van der Waals surface area contributed by atoms with Crippen LogP contribution in [0.4, 0.5) is 0 Å². The third-order valence-corrected chi connectivity index (χ3v) is 3.79. The molecule has 0 bridgehead atoms. The minimum atomic E-state index is -0.637. The summed E-state index contributed by atoms with van der Waals surface area (Å²) in [4.78, 5) is 13.5. The SMILES string of the molecule is COC(=O)c1cc(CN(C)CC(O)COc2ccc(C)cc2)oc1C. The summed E-state index contributed by atoms with van der Waals surface area (Å²) in [5.74, 6) is 1.49. The van der Waals surface area contributed by atoms with Crippen LogP contribution in [0.3, 0.4) is 0 Å². The molecule has 1 N–H and O–H groups in total. The van der Waals surface area contributed by atoms with Gasteiger partial charge in [-0.25, -0.2) is 4.79 Å². The first kappa shape index (κ1) is 19.0. The molecular weight excluding hydrogens is 322 g/mol. The Morgan fingerprint density at radius 1 is 1.28 bits per heavy atom. The Bertz CT molecular complexity index is 692. The Morgan fingerprint density at radius 2 is 1.96 bits per heavy atom. The van der Waals surface area contributed by atoms with E-state index in [0.29, 0.717) is 30.2 Å². The second-order valence-electron chi connectivity index (χ2n) is 6.15. The number of aliphatic hydroxyl groups excluding tert-OH is 1. The minimum Gasteiger partial charge on any atom is -0.491 e. The number of likely N-dealkylation sites (N-methyl/N-ethyl adjacent to an activating group) is 1. The van der Waals surface area contributed by atoms with Gasteiger partial charge in [0.2, 0.25) is 0 Å². The number of benzene rings is 1. The standard InChI is InChI=1S/C19H25NO5/c1-13-5-7-16(8-6-13)24-12-15(21)10-20(3)11-17-9-18(14(2)25-17)19(22)23-4/h5-9,15,21H,10-12H2,1-4H3. The van der Waals surface area contributed by atoms with Gasteiger partial charge < -0.3 is 19.0 Å². The van der Waals surface area contributed by atoms with Crippen molar-refractivity contribution in [3.05, 3.63) is 53.0 Å². The number of carbonyl (C=O) groups excluding carboxylic acids is 1. The molecule has 0 amide bonds. The van der Waals surface area contributed by atoms with E-state index < -0.39 is 12.1 Å². The number of nitrogens with zero attached hydrogens (tertiary/aromatic N) is 1. The van der Waals surface area contributed by atoms with Crippen molar-refractivity contribution in [2.75, 3.05) is 27.3 Å². The van der Waals surface area contributed by atoms with Crippen LogP contribution in [0.15, 0.2) is 34.7 Å². The monoisotopic (exact) mass is 347 g/mol. The summed E-state index contributed by atoms with van der Waals surface area (Å²) in [5, 5.41) is 10.1. The van der Waals surface area contributed by atoms with Gasteiger partial charge in [0.25, 0.3) is 0 Å². The topological polar surface area (TPSA) is 72.1 Å². The highest BCUT2D eigenvalue weighted by molar-refractivity contribution is 5.90. The molecule has 6 heteroatoms. The first-order chi connectivity index (χ1) is 11.9. The second-order valence-corrected chi connectivity index (χ2v) is 6.15. The summed E-state index contributed by atoms with van der Waals surface area (Å²) in [6.07, 6.45) is -0.637. The average molecular weight is 347 g/mol. The Hall–Kier alpha value is -2.31. The number of esters is 1. The van der Waals surface area contributed by atoms with Gasteiger partial charge >= 0.3 is 5.97 Å². The number of methoxy groups -OCH3 is 1. The molecule has 1 atom stereocenters. The number of carbonyl (C=O) groups is 1. The summed E-state index contributed by atoms with van der Waals surface area (Å²) in [5.41, 5.74) is 1.59. The molecule has 136 valence electrons. The lowest BCUT2D eigenvalue weighted by molar-refractivity contribution is 0.0598. The van der Waals surface area contributed by atoms with Crippen molar-refractivity contribution in [3.63, 3.8) is 0 Å². The van der Waals surface area contributed by atoms with Crippen molar-refractivity contribution in [2.24, 2.45) is 0 Å². The molecule has 25 heavy (non-hydrogen) atoms. The summed E-state index contributed by atoms with van der Waals surface area (Å²) in [6, 6.07) is 9.36. The number of rotatable bonds is 8. The molecule has 6 nitrogen and oxygen atoms in total. The van der Waals surface area contributed by atoms with E-state index >= 15 is 0 Å². The van der Waals surface area contributed by atoms with Crippen molar-refractivity contribution < 1.29 is 23.8 Å². The number of furan rings is 1. The first-order valence-corrected chi connectivity index (χ1v) is 8.12. The lowest BCUT2D eigenvalue weighted by Crippen LogP contribution is -2.32. The molecule has 0 aliphatic rings. The lowest BCUT2D eigenvalue weighted by atomic mass is 10.2. The van der Waals surface area contributed by atoms with Crippen LogP contribution in [0.2, 0.25) is 0 Å². The van der Waals surface area contributed by atoms with Gasteiger partial charge in [0.1, 0.15) is 35.5 Å². The van der Waals surface area contributed by atoms with Gasteiger partial charge in [-0.05, 0) is 39.1 Å². The van der Waals surface area contributed by atoms with Crippen LogP contribution in [0, 0.1) is 13.8 Å². The van der Waals surface area contributed by atoms with E-state index in [1.165, 1.54) is 7.11 Å². The highest BCUT2D eigenvalue weighted by Gasteiger charge is 2.17. The second kappa shape index (κ2) is 8.69. The molecule has 0 saturated heterocycles. The Morgan fingerprint density at radius 3 is 2.60 bits per heavy atom. The smallest absolute Gasteiger partial charge is 0.341 e. The molecule has 1 aromatic heterocycles. The zero-order valence-corrected chi connectivity index (χ0v) is 15.1. The van der Waals surface area contributed by atoms with Gasteiger partial charge in [-0.1, -0.05) is 17.7 Å². The zero-order valence-electron chi connectivity index (χ0n) is 15.1. The van der Waals surface area contributed by atoms with Crippen molar-refractivity contribution in [3.8, 4) is 5.75 Å². The normalized spacial score (nSPS) is 12.2. The maximum Gasteiger partial charge on any atom is 0.341 e. The van der Waals surface area contributed by atoms with E-state index in [4.69, 9.17) is 13.9 Å². The fraction of sp³-hybridized carbons (Fsp3) is 0.421. The molecular formula is C19H25NO5. The molecule has 2 rings (SSSR count). The van der Waals surface area contributed by atoms with Crippen LogP contribution in [-0.2, 0) is 11.3 Å². The maximum atomic E-state index is 11.6. The summed E-state index contributed by atoms with van der Waals surface area (Å²) < 4.78 is 15.9. The van der Waals surface area contributed by atoms with E-state index in [2.05, 4.69) is 0 Å². The van der Waals surface area contributed by atoms with E-state index in [0.717, 1.165) is 11.3 Å². The Kier molecular flexibility index (Phi) is 6.61. The predicted octanol–water partition coefficient (Wildman–Crippen LogP) is 2.55. The molecule has 2 aromatic rings. The van der Waals surface area contributed by atoms with Crippen LogP contribution < -0.4 is 4.74 Å². The van der Waals surface area contributed by atoms with Gasteiger partial charge in [-0.2, -0.15) is 0 Å². The molecule has 1 heterocycles. The lowest BCUT2D eigenvalue weighted by Gasteiger charge is -2.19. The zero-order chi connectivity index (χ0) is 18.4. The Labute approximate surface area is 148 Å². The number of aryl methyl sites for hydroxylation is 2. The first-order valence-electron chi connectivity index (χ1n) is 8.12. The minimum absolute atomic E-state index is 0.206. The summed E-state index contributed by atoms with van der Waals surface area (Å²) in [7, 11) is 3.20. The largest absolute Gasteiger partial charge is 0.491 e. The number of hydrogen-bond donors (Lipinski definition) is 1. The van der Waals surface area contributed by atoms with Gasteiger partial charge in [-0.15, -0.1) is 0 Å². The molecule has 0 radical (unpaired) electrons. The molecule has 0 fully saturated rings. The summed E-state index contributed by atoms with van der Waals surface area (Å²) >= 11 is 0. The summed E-state index contributed by atoms with van der Waals surface area (Å²) in [6.45, 7) is 4.83. The predicted molar refractivity (Wildman–Crippen MR) is 93.8 cm³/mol. The third kappa shape index (κ3) is 5.62. The van der Waals surface area contributed by atoms with Crippen molar-refractivity contribution >= 4 is 5.97 Å². The molecule has 1 unspecified atom stereocenters. The number of ether oxygens (including phenoxy) is 2. The highest BCUT2D eigenvalue weighted by Crippen LogP contribution is 2.17. The maximum absolute atomic E-state index is 11.6. The molecule has 1 aromatic carbocycles. The highest BCUT2D eigenvalue weighted by atomic mass is 16.5. The molecule has 0 aliphatic carbocycles. The molecule has 0 saturated carbocycles. The van der Waals surface area contributed by atoms with Gasteiger partial charge in [0, 0.05) is 6.54 Å². The van der Waals surface area contributed by atoms with Crippen LogP contribution in [0.1, 0.15) is 27.4 Å². The molecule has 0 spiro atoms. The van der Waals surface area contributed by atoms with Crippen LogP contribution >= 0.6 is 0 Å². The van der Waals surface area contributed by atoms with Crippen molar-refractivity contribution in [1.29, 1.82) is 0 Å². The molecule has 0 aliphatic heterocycles. The number of hydrogen-bond acceptors (Lipinski definition) is 6. The van der Waals surface area contributed by atoms with E-state index in [1.807, 2.05) is 43.1 Å². The van der Waals surface area contributed by atoms with E-state index in [-0.39, 0.29) is 6.61 Å². The third-order valence-electron chi connectivity index (χ3n) is 3.79. The van der Waals surface area contributed by atoms with Crippen LogP contribution in [0.25, 0.3) is 0 Å². The van der Waals surface area contributed by atoms with E-state index in [1.54, 1.807) is 13.0 Å². The van der Waals surface area contributed by atoms with E-state index in [9.17, 15) is 9.90 Å². The van der Waals surface area contributed by atoms with Gasteiger partial charge in [-0.3, -0.25) is 4.90 Å². The van der Waals surface area contributed by atoms with Crippen LogP contribution in [-0.4, -0.2) is 49.4 Å². The average Bonchev–Trinajstić information content (AvgIpc) is 2.93. The van der Waals surface area contributed by atoms with Gasteiger partial charge in [0.15, 0.2) is 0 Å². The van der Waals surface area contributed by atoms with Crippen molar-refractivity contribution in [1.82, 2.24) is 4.90 Å².